The molecule has 2 rings (SSSR count). The number of ether oxygens (including phenoxy) is 2. The van der Waals surface area contributed by atoms with Crippen LogP contribution in [0.5, 0.6) is 17.2 Å². The van der Waals surface area contributed by atoms with Gasteiger partial charge in [0, 0.05) is 0 Å². The lowest BCUT2D eigenvalue weighted by molar-refractivity contribution is 0.411. The minimum absolute atomic E-state index is 0.121. The second-order valence-corrected chi connectivity index (χ2v) is 3.91. The van der Waals surface area contributed by atoms with Gasteiger partial charge in [0.2, 0.25) is 5.95 Å². The smallest absolute Gasteiger partial charge is 0.222 e. The zero-order valence-electron chi connectivity index (χ0n) is 10.9. The standard InChI is InChI=1S/C13H16N4O2/c1-3-8-6-9(18-2)4-5-10(8)19-11-7-16-13(15)17-12(11)14/h4-7H,3H2,1-2H3,(H4,14,15,16,17). The van der Waals surface area contributed by atoms with Gasteiger partial charge in [-0.05, 0) is 30.2 Å². The molecule has 2 aromatic rings. The summed E-state index contributed by atoms with van der Waals surface area (Å²) in [6, 6.07) is 5.57. The first-order chi connectivity index (χ1) is 9.13. The second kappa shape index (κ2) is 5.43. The Kier molecular flexibility index (Phi) is 3.70. The number of nitrogen functional groups attached to an aromatic ring is 2. The number of rotatable bonds is 4. The normalized spacial score (nSPS) is 10.2. The van der Waals surface area contributed by atoms with Crippen LogP contribution in [0.2, 0.25) is 0 Å². The van der Waals surface area contributed by atoms with E-state index in [0.29, 0.717) is 11.5 Å². The molecule has 0 aliphatic heterocycles. The Hall–Kier alpha value is -2.50. The molecule has 0 saturated carbocycles. The minimum Gasteiger partial charge on any atom is -0.497 e. The molecule has 0 amide bonds. The van der Waals surface area contributed by atoms with E-state index in [1.54, 1.807) is 7.11 Å². The van der Waals surface area contributed by atoms with E-state index in [9.17, 15) is 0 Å². The largest absolute Gasteiger partial charge is 0.497 e. The summed E-state index contributed by atoms with van der Waals surface area (Å²) >= 11 is 0. The molecule has 0 aliphatic carbocycles. The van der Waals surface area contributed by atoms with E-state index >= 15 is 0 Å². The third-order valence-electron chi connectivity index (χ3n) is 2.67. The van der Waals surface area contributed by atoms with Crippen LogP contribution in [0.1, 0.15) is 12.5 Å². The van der Waals surface area contributed by atoms with Gasteiger partial charge in [-0.1, -0.05) is 6.92 Å². The molecule has 0 spiro atoms. The number of benzene rings is 1. The summed E-state index contributed by atoms with van der Waals surface area (Å²) < 4.78 is 10.9. The maximum atomic E-state index is 5.74. The first-order valence-corrected chi connectivity index (χ1v) is 5.86. The molecular formula is C13H16N4O2. The van der Waals surface area contributed by atoms with Crippen LogP contribution in [0, 0.1) is 0 Å². The number of nitrogens with two attached hydrogens (primary N) is 2. The van der Waals surface area contributed by atoms with E-state index in [-0.39, 0.29) is 11.8 Å². The lowest BCUT2D eigenvalue weighted by Crippen LogP contribution is -2.02. The summed E-state index contributed by atoms with van der Waals surface area (Å²) in [5.74, 6) is 2.20. The second-order valence-electron chi connectivity index (χ2n) is 3.91. The number of anilines is 2. The maximum Gasteiger partial charge on any atom is 0.222 e. The first-order valence-electron chi connectivity index (χ1n) is 5.86. The zero-order chi connectivity index (χ0) is 13.8. The summed E-state index contributed by atoms with van der Waals surface area (Å²) in [5, 5.41) is 0. The van der Waals surface area contributed by atoms with Gasteiger partial charge in [0.1, 0.15) is 11.5 Å². The lowest BCUT2D eigenvalue weighted by atomic mass is 10.1. The summed E-state index contributed by atoms with van der Waals surface area (Å²) in [6.45, 7) is 2.03. The molecule has 100 valence electrons. The average molecular weight is 260 g/mol. The van der Waals surface area contributed by atoms with Gasteiger partial charge in [0.05, 0.1) is 13.3 Å². The van der Waals surface area contributed by atoms with Crippen LogP contribution in [0.25, 0.3) is 0 Å². The number of aromatic nitrogens is 2. The minimum atomic E-state index is 0.121. The Morgan fingerprint density at radius 1 is 1.21 bits per heavy atom. The van der Waals surface area contributed by atoms with Gasteiger partial charge in [0.25, 0.3) is 0 Å². The van der Waals surface area contributed by atoms with Crippen LogP contribution >= 0.6 is 0 Å². The fourth-order valence-corrected chi connectivity index (χ4v) is 1.65. The Labute approximate surface area is 111 Å². The molecule has 0 radical (unpaired) electrons. The molecule has 4 N–H and O–H groups in total. The fourth-order valence-electron chi connectivity index (χ4n) is 1.65. The van der Waals surface area contributed by atoms with E-state index in [1.807, 2.05) is 25.1 Å². The molecule has 0 bridgehead atoms. The highest BCUT2D eigenvalue weighted by Crippen LogP contribution is 2.31. The highest BCUT2D eigenvalue weighted by molar-refractivity contribution is 5.50. The van der Waals surface area contributed by atoms with Crippen LogP contribution in [0.3, 0.4) is 0 Å². The van der Waals surface area contributed by atoms with Gasteiger partial charge in [0.15, 0.2) is 11.6 Å². The fraction of sp³-hybridized carbons (Fsp3) is 0.231. The quantitative estimate of drug-likeness (QED) is 0.872. The van der Waals surface area contributed by atoms with Crippen molar-refractivity contribution in [2.45, 2.75) is 13.3 Å². The molecule has 0 saturated heterocycles. The van der Waals surface area contributed by atoms with Gasteiger partial charge < -0.3 is 20.9 Å². The van der Waals surface area contributed by atoms with Crippen molar-refractivity contribution >= 4 is 11.8 Å². The Balaban J connectivity index is 2.32. The van der Waals surface area contributed by atoms with Crippen molar-refractivity contribution in [2.24, 2.45) is 0 Å². The predicted octanol–water partition coefficient (Wildman–Crippen LogP) is 2.00. The number of hydrogen-bond donors (Lipinski definition) is 2. The maximum absolute atomic E-state index is 5.74. The van der Waals surface area contributed by atoms with Crippen molar-refractivity contribution in [1.29, 1.82) is 0 Å². The SMILES string of the molecule is CCc1cc(OC)ccc1Oc1cnc(N)nc1N. The van der Waals surface area contributed by atoms with Gasteiger partial charge in [-0.3, -0.25) is 0 Å². The van der Waals surface area contributed by atoms with Crippen molar-refractivity contribution in [3.63, 3.8) is 0 Å². The van der Waals surface area contributed by atoms with Crippen LogP contribution in [0.15, 0.2) is 24.4 Å². The van der Waals surface area contributed by atoms with E-state index in [0.717, 1.165) is 17.7 Å². The predicted molar refractivity (Wildman–Crippen MR) is 73.3 cm³/mol. The van der Waals surface area contributed by atoms with Crippen LogP contribution in [-0.4, -0.2) is 17.1 Å². The van der Waals surface area contributed by atoms with Gasteiger partial charge >= 0.3 is 0 Å². The summed E-state index contributed by atoms with van der Waals surface area (Å²) in [5.41, 5.74) is 12.2. The third-order valence-corrected chi connectivity index (χ3v) is 2.67. The topological polar surface area (TPSA) is 96.3 Å². The molecule has 0 aliphatic rings. The van der Waals surface area contributed by atoms with Gasteiger partial charge in [-0.2, -0.15) is 4.98 Å². The van der Waals surface area contributed by atoms with Gasteiger partial charge in [-0.25, -0.2) is 4.98 Å². The number of hydrogen-bond acceptors (Lipinski definition) is 6. The molecular weight excluding hydrogens is 244 g/mol. The van der Waals surface area contributed by atoms with Crippen molar-refractivity contribution in [2.75, 3.05) is 18.6 Å². The Morgan fingerprint density at radius 2 is 2.00 bits per heavy atom. The Bertz CT molecular complexity index is 587. The first kappa shape index (κ1) is 12.9. The zero-order valence-corrected chi connectivity index (χ0v) is 10.9. The molecule has 19 heavy (non-hydrogen) atoms. The summed E-state index contributed by atoms with van der Waals surface area (Å²) in [6.07, 6.45) is 2.27. The number of nitrogens with zero attached hydrogens (tertiary/aromatic N) is 2. The van der Waals surface area contributed by atoms with Crippen molar-refractivity contribution in [3.8, 4) is 17.2 Å². The van der Waals surface area contributed by atoms with Crippen molar-refractivity contribution in [1.82, 2.24) is 9.97 Å². The summed E-state index contributed by atoms with van der Waals surface area (Å²) in [4.78, 5) is 7.72. The number of methoxy groups -OCH3 is 1. The summed E-state index contributed by atoms with van der Waals surface area (Å²) in [7, 11) is 1.63. The van der Waals surface area contributed by atoms with E-state index in [4.69, 9.17) is 20.9 Å². The van der Waals surface area contributed by atoms with E-state index < -0.39 is 0 Å². The van der Waals surface area contributed by atoms with Crippen molar-refractivity contribution < 1.29 is 9.47 Å². The average Bonchev–Trinajstić information content (AvgIpc) is 2.42. The van der Waals surface area contributed by atoms with Crippen LogP contribution in [-0.2, 0) is 6.42 Å². The van der Waals surface area contributed by atoms with Crippen LogP contribution in [0.4, 0.5) is 11.8 Å². The number of aryl methyl sites for hydroxylation is 1. The molecule has 6 nitrogen and oxygen atoms in total. The monoisotopic (exact) mass is 260 g/mol. The molecule has 1 heterocycles. The lowest BCUT2D eigenvalue weighted by Gasteiger charge is -2.12. The highest BCUT2D eigenvalue weighted by atomic mass is 16.5. The molecule has 1 aromatic carbocycles. The molecule has 1 aromatic heterocycles. The van der Waals surface area contributed by atoms with Gasteiger partial charge in [-0.15, -0.1) is 0 Å². The van der Waals surface area contributed by atoms with Crippen LogP contribution < -0.4 is 20.9 Å². The Morgan fingerprint density at radius 3 is 2.63 bits per heavy atom. The molecule has 0 unspecified atom stereocenters. The van der Waals surface area contributed by atoms with E-state index in [1.165, 1.54) is 6.20 Å². The molecule has 0 fully saturated rings. The van der Waals surface area contributed by atoms with E-state index in [2.05, 4.69) is 9.97 Å². The third kappa shape index (κ3) is 2.85. The molecule has 6 heteroatoms. The highest BCUT2D eigenvalue weighted by Gasteiger charge is 2.09. The molecule has 0 atom stereocenters. The van der Waals surface area contributed by atoms with Crippen molar-refractivity contribution in [3.05, 3.63) is 30.0 Å².